The molecule has 0 saturated heterocycles. The lowest BCUT2D eigenvalue weighted by atomic mass is 10.1. The summed E-state index contributed by atoms with van der Waals surface area (Å²) in [6.07, 6.45) is 4.20. The minimum atomic E-state index is -0.112. The summed E-state index contributed by atoms with van der Waals surface area (Å²) < 4.78 is 11.1. The zero-order valence-corrected chi connectivity index (χ0v) is 14.5. The summed E-state index contributed by atoms with van der Waals surface area (Å²) in [6.45, 7) is 6.04. The van der Waals surface area contributed by atoms with Gasteiger partial charge in [0.2, 0.25) is 0 Å². The van der Waals surface area contributed by atoms with Crippen molar-refractivity contribution in [3.05, 3.63) is 42.2 Å². The molecule has 0 atom stereocenters. The zero-order chi connectivity index (χ0) is 17.6. The van der Waals surface area contributed by atoms with Gasteiger partial charge in [-0.15, -0.1) is 0 Å². The molecule has 1 amide bonds. The van der Waals surface area contributed by atoms with Crippen molar-refractivity contribution < 1.29 is 14.3 Å². The van der Waals surface area contributed by atoms with Crippen LogP contribution in [-0.4, -0.2) is 30.6 Å². The minimum absolute atomic E-state index is 0.112. The summed E-state index contributed by atoms with van der Waals surface area (Å²) in [5.41, 5.74) is 2.13. The maximum absolute atomic E-state index is 12.2. The monoisotopic (exact) mass is 341 g/mol. The lowest BCUT2D eigenvalue weighted by Gasteiger charge is -2.19. The van der Waals surface area contributed by atoms with Gasteiger partial charge in [0, 0.05) is 24.5 Å². The highest BCUT2D eigenvalue weighted by Gasteiger charge is 2.12. The van der Waals surface area contributed by atoms with Gasteiger partial charge in [0.05, 0.1) is 17.4 Å². The number of ether oxygens (including phenoxy) is 2. The van der Waals surface area contributed by atoms with E-state index in [1.54, 1.807) is 18.5 Å². The van der Waals surface area contributed by atoms with Crippen LogP contribution < -0.4 is 20.1 Å². The molecule has 0 bridgehead atoms. The quantitative estimate of drug-likeness (QED) is 0.843. The fraction of sp³-hybridized carbons (Fsp3) is 0.368. The van der Waals surface area contributed by atoms with E-state index < -0.39 is 0 Å². The van der Waals surface area contributed by atoms with Crippen molar-refractivity contribution in [2.75, 3.05) is 25.1 Å². The Morgan fingerprint density at radius 3 is 2.72 bits per heavy atom. The van der Waals surface area contributed by atoms with Gasteiger partial charge in [-0.3, -0.25) is 9.78 Å². The Bertz CT molecular complexity index is 746. The van der Waals surface area contributed by atoms with Crippen molar-refractivity contribution in [3.63, 3.8) is 0 Å². The van der Waals surface area contributed by atoms with Crippen LogP contribution in [0.3, 0.4) is 0 Å². The number of benzene rings is 1. The molecule has 2 N–H and O–H groups in total. The number of hydrogen-bond acceptors (Lipinski definition) is 5. The number of amides is 1. The lowest BCUT2D eigenvalue weighted by Crippen LogP contribution is -2.25. The number of aromatic nitrogens is 1. The first-order valence-corrected chi connectivity index (χ1v) is 8.52. The van der Waals surface area contributed by atoms with Gasteiger partial charge in [-0.2, -0.15) is 0 Å². The third kappa shape index (κ3) is 4.62. The van der Waals surface area contributed by atoms with E-state index >= 15 is 0 Å². The lowest BCUT2D eigenvalue weighted by molar-refractivity contribution is 0.0951. The highest BCUT2D eigenvalue weighted by molar-refractivity contribution is 5.94. The average molecular weight is 341 g/mol. The van der Waals surface area contributed by atoms with Crippen molar-refractivity contribution in [2.24, 2.45) is 5.92 Å². The summed E-state index contributed by atoms with van der Waals surface area (Å²) in [4.78, 5) is 16.4. The molecule has 0 aliphatic carbocycles. The van der Waals surface area contributed by atoms with Crippen molar-refractivity contribution in [3.8, 4) is 11.5 Å². The number of carbonyl (C=O) groups is 1. The summed E-state index contributed by atoms with van der Waals surface area (Å²) in [5, 5.41) is 6.16. The SMILES string of the molecule is CC(C)CCNC(=O)c1cncc(Nc2ccc3c(c2)OCCO3)c1. The van der Waals surface area contributed by atoms with Crippen LogP contribution in [0.2, 0.25) is 0 Å². The van der Waals surface area contributed by atoms with Gasteiger partial charge in [0.1, 0.15) is 13.2 Å². The van der Waals surface area contributed by atoms with Gasteiger partial charge in [0.25, 0.3) is 5.91 Å². The van der Waals surface area contributed by atoms with E-state index in [2.05, 4.69) is 29.5 Å². The molecular weight excluding hydrogens is 318 g/mol. The van der Waals surface area contributed by atoms with E-state index in [-0.39, 0.29) is 5.91 Å². The van der Waals surface area contributed by atoms with Gasteiger partial charge in [-0.25, -0.2) is 0 Å². The summed E-state index contributed by atoms with van der Waals surface area (Å²) >= 11 is 0. The fourth-order valence-electron chi connectivity index (χ4n) is 2.50. The summed E-state index contributed by atoms with van der Waals surface area (Å²) in [7, 11) is 0. The number of nitrogens with one attached hydrogen (secondary N) is 2. The molecule has 25 heavy (non-hydrogen) atoms. The van der Waals surface area contributed by atoms with Gasteiger partial charge < -0.3 is 20.1 Å². The van der Waals surface area contributed by atoms with Crippen LogP contribution in [0.4, 0.5) is 11.4 Å². The number of pyridine rings is 1. The van der Waals surface area contributed by atoms with Crippen LogP contribution in [0.15, 0.2) is 36.7 Å². The first kappa shape index (κ1) is 17.1. The molecule has 2 aromatic rings. The molecule has 0 spiro atoms. The molecule has 6 nitrogen and oxygen atoms in total. The van der Waals surface area contributed by atoms with Crippen LogP contribution in [0.25, 0.3) is 0 Å². The third-order valence-electron chi connectivity index (χ3n) is 3.84. The number of anilines is 2. The molecule has 1 aliphatic rings. The second-order valence-corrected chi connectivity index (χ2v) is 6.38. The first-order chi connectivity index (χ1) is 12.1. The van der Waals surface area contributed by atoms with E-state index in [4.69, 9.17) is 9.47 Å². The van der Waals surface area contributed by atoms with Gasteiger partial charge in [-0.05, 0) is 30.5 Å². The van der Waals surface area contributed by atoms with Crippen LogP contribution in [-0.2, 0) is 0 Å². The summed E-state index contributed by atoms with van der Waals surface area (Å²) in [5.74, 6) is 1.90. The predicted molar refractivity (Wildman–Crippen MR) is 96.7 cm³/mol. The molecule has 1 aromatic heterocycles. The zero-order valence-electron chi connectivity index (χ0n) is 14.5. The molecule has 0 fully saturated rings. The van der Waals surface area contributed by atoms with E-state index in [1.165, 1.54) is 0 Å². The second-order valence-electron chi connectivity index (χ2n) is 6.38. The largest absolute Gasteiger partial charge is 0.486 e. The summed E-state index contributed by atoms with van der Waals surface area (Å²) in [6, 6.07) is 7.44. The van der Waals surface area contributed by atoms with E-state index in [0.717, 1.165) is 23.5 Å². The number of fused-ring (bicyclic) bond motifs is 1. The first-order valence-electron chi connectivity index (χ1n) is 8.52. The second kappa shape index (κ2) is 7.88. The Balaban J connectivity index is 1.66. The van der Waals surface area contributed by atoms with Crippen molar-refractivity contribution in [1.82, 2.24) is 10.3 Å². The van der Waals surface area contributed by atoms with E-state index in [1.807, 2.05) is 18.2 Å². The third-order valence-corrected chi connectivity index (χ3v) is 3.84. The standard InChI is InChI=1S/C19H23N3O3/c1-13(2)5-6-21-19(23)14-9-16(12-20-11-14)22-15-3-4-17-18(10-15)25-8-7-24-17/h3-4,9-13,22H,5-8H2,1-2H3,(H,21,23). The Morgan fingerprint density at radius 2 is 1.92 bits per heavy atom. The molecule has 3 rings (SSSR count). The van der Waals surface area contributed by atoms with Crippen LogP contribution in [0.1, 0.15) is 30.6 Å². The van der Waals surface area contributed by atoms with Gasteiger partial charge >= 0.3 is 0 Å². The maximum Gasteiger partial charge on any atom is 0.252 e. The normalized spacial score (nSPS) is 12.8. The van der Waals surface area contributed by atoms with Crippen LogP contribution in [0.5, 0.6) is 11.5 Å². The smallest absolute Gasteiger partial charge is 0.252 e. The maximum atomic E-state index is 12.2. The number of carbonyl (C=O) groups excluding carboxylic acids is 1. The van der Waals surface area contributed by atoms with Crippen LogP contribution in [0, 0.1) is 5.92 Å². The minimum Gasteiger partial charge on any atom is -0.486 e. The highest BCUT2D eigenvalue weighted by Crippen LogP contribution is 2.33. The molecular formula is C19H23N3O3. The number of nitrogens with zero attached hydrogens (tertiary/aromatic N) is 1. The molecule has 1 aromatic carbocycles. The van der Waals surface area contributed by atoms with Gasteiger partial charge in [-0.1, -0.05) is 13.8 Å². The predicted octanol–water partition coefficient (Wildman–Crippen LogP) is 3.37. The van der Waals surface area contributed by atoms with Crippen molar-refractivity contribution in [1.29, 1.82) is 0 Å². The Hall–Kier alpha value is -2.76. The molecule has 6 heteroatoms. The van der Waals surface area contributed by atoms with E-state index in [0.29, 0.717) is 37.0 Å². The fourth-order valence-corrected chi connectivity index (χ4v) is 2.50. The Morgan fingerprint density at radius 1 is 1.12 bits per heavy atom. The molecule has 0 radical (unpaired) electrons. The van der Waals surface area contributed by atoms with Crippen molar-refractivity contribution >= 4 is 17.3 Å². The molecule has 0 saturated carbocycles. The van der Waals surface area contributed by atoms with Crippen molar-refractivity contribution in [2.45, 2.75) is 20.3 Å². The average Bonchev–Trinajstić information content (AvgIpc) is 2.61. The van der Waals surface area contributed by atoms with Gasteiger partial charge in [0.15, 0.2) is 11.5 Å². The molecule has 132 valence electrons. The molecule has 1 aliphatic heterocycles. The Kier molecular flexibility index (Phi) is 5.38. The highest BCUT2D eigenvalue weighted by atomic mass is 16.6. The van der Waals surface area contributed by atoms with Crippen LogP contribution >= 0.6 is 0 Å². The molecule has 0 unspecified atom stereocenters. The van der Waals surface area contributed by atoms with E-state index in [9.17, 15) is 4.79 Å². The topological polar surface area (TPSA) is 72.5 Å². The number of hydrogen-bond donors (Lipinski definition) is 2. The number of rotatable bonds is 6. The Labute approximate surface area is 147 Å². The molecule has 2 heterocycles.